The van der Waals surface area contributed by atoms with Gasteiger partial charge in [0.05, 0.1) is 15.9 Å². The lowest BCUT2D eigenvalue weighted by atomic mass is 10.2. The first-order chi connectivity index (χ1) is 9.31. The molecule has 0 saturated heterocycles. The van der Waals surface area contributed by atoms with E-state index in [9.17, 15) is 18.5 Å². The van der Waals surface area contributed by atoms with Gasteiger partial charge in [-0.3, -0.25) is 10.1 Å². The molecule has 0 amide bonds. The Morgan fingerprint density at radius 3 is 2.60 bits per heavy atom. The highest BCUT2D eigenvalue weighted by Gasteiger charge is 2.16. The summed E-state index contributed by atoms with van der Waals surface area (Å²) in [7, 11) is -3.09. The number of aromatic nitrogens is 1. The average molecular weight is 296 g/mol. The lowest BCUT2D eigenvalue weighted by molar-refractivity contribution is -0.384. The first-order valence-corrected chi connectivity index (χ1v) is 7.97. The van der Waals surface area contributed by atoms with Crippen LogP contribution < -0.4 is 0 Å². The maximum atomic E-state index is 11.8. The van der Waals surface area contributed by atoms with Crippen LogP contribution in [0.3, 0.4) is 0 Å². The largest absolute Gasteiger partial charge is 0.346 e. The van der Waals surface area contributed by atoms with Crippen molar-refractivity contribution in [3.63, 3.8) is 0 Å². The Labute approximate surface area is 117 Å². The molecule has 7 heteroatoms. The van der Waals surface area contributed by atoms with Gasteiger partial charge in [0, 0.05) is 35.8 Å². The SMILES string of the molecule is CC(C)S(=O)(=O)CCn1ccc2cc([N+](=O)[O-])ccc21. The molecule has 1 aromatic heterocycles. The molecule has 20 heavy (non-hydrogen) atoms. The fourth-order valence-electron chi connectivity index (χ4n) is 1.96. The molecule has 6 nitrogen and oxygen atoms in total. The number of fused-ring (bicyclic) bond motifs is 1. The zero-order valence-electron chi connectivity index (χ0n) is 11.3. The molecule has 0 spiro atoms. The minimum Gasteiger partial charge on any atom is -0.346 e. The summed E-state index contributed by atoms with van der Waals surface area (Å²) in [6.45, 7) is 3.67. The van der Waals surface area contributed by atoms with Crippen LogP contribution in [0.4, 0.5) is 5.69 Å². The third-order valence-electron chi connectivity index (χ3n) is 3.30. The number of aryl methyl sites for hydroxylation is 1. The molecular formula is C13H16N2O4S. The first kappa shape index (κ1) is 14.5. The van der Waals surface area contributed by atoms with E-state index in [2.05, 4.69) is 0 Å². The number of sulfone groups is 1. The van der Waals surface area contributed by atoms with E-state index < -0.39 is 20.0 Å². The molecular weight excluding hydrogens is 280 g/mol. The van der Waals surface area contributed by atoms with Crippen LogP contribution in [0.1, 0.15) is 13.8 Å². The highest BCUT2D eigenvalue weighted by Crippen LogP contribution is 2.22. The molecule has 0 radical (unpaired) electrons. The fourth-order valence-corrected chi connectivity index (χ4v) is 2.88. The standard InChI is InChI=1S/C13H16N2O4S/c1-10(2)20(18,19)8-7-14-6-5-11-9-12(15(16)17)3-4-13(11)14/h3-6,9-10H,7-8H2,1-2H3. The molecule has 2 rings (SSSR count). The second-order valence-electron chi connectivity index (χ2n) is 4.93. The number of nitro benzene ring substituents is 1. The van der Waals surface area contributed by atoms with Crippen LogP contribution in [0.5, 0.6) is 0 Å². The van der Waals surface area contributed by atoms with E-state index in [1.807, 2.05) is 0 Å². The molecule has 1 aromatic carbocycles. The van der Waals surface area contributed by atoms with E-state index in [4.69, 9.17) is 0 Å². The van der Waals surface area contributed by atoms with Crippen molar-refractivity contribution in [2.45, 2.75) is 25.6 Å². The summed E-state index contributed by atoms with van der Waals surface area (Å²) >= 11 is 0. The summed E-state index contributed by atoms with van der Waals surface area (Å²) < 4.78 is 25.4. The predicted octanol–water partition coefficient (Wildman–Crippen LogP) is 2.37. The summed E-state index contributed by atoms with van der Waals surface area (Å²) in [6.07, 6.45) is 1.75. The number of hydrogen-bond donors (Lipinski definition) is 0. The lowest BCUT2D eigenvalue weighted by Gasteiger charge is -2.09. The predicted molar refractivity (Wildman–Crippen MR) is 77.5 cm³/mol. The molecule has 108 valence electrons. The van der Waals surface area contributed by atoms with Gasteiger partial charge >= 0.3 is 0 Å². The van der Waals surface area contributed by atoms with Crippen molar-refractivity contribution in [3.05, 3.63) is 40.6 Å². The fraction of sp³-hybridized carbons (Fsp3) is 0.385. The van der Waals surface area contributed by atoms with Crippen molar-refractivity contribution in [3.8, 4) is 0 Å². The van der Waals surface area contributed by atoms with Gasteiger partial charge in [0.2, 0.25) is 0 Å². The number of rotatable bonds is 5. The van der Waals surface area contributed by atoms with E-state index in [-0.39, 0.29) is 11.4 Å². The van der Waals surface area contributed by atoms with E-state index in [0.29, 0.717) is 6.54 Å². The number of non-ortho nitro benzene ring substituents is 1. The molecule has 0 bridgehead atoms. The Balaban J connectivity index is 2.27. The van der Waals surface area contributed by atoms with Gasteiger partial charge in [-0.1, -0.05) is 0 Å². The molecule has 0 N–H and O–H groups in total. The molecule has 0 aliphatic heterocycles. The zero-order valence-corrected chi connectivity index (χ0v) is 12.1. The molecule has 0 fully saturated rings. The molecule has 0 aliphatic rings. The highest BCUT2D eigenvalue weighted by molar-refractivity contribution is 7.91. The van der Waals surface area contributed by atoms with Crippen molar-refractivity contribution in [1.82, 2.24) is 4.57 Å². The van der Waals surface area contributed by atoms with Crippen LogP contribution in [0.15, 0.2) is 30.5 Å². The Kier molecular flexibility index (Phi) is 3.80. The number of benzene rings is 1. The summed E-state index contributed by atoms with van der Waals surface area (Å²) in [5.41, 5.74) is 0.833. The van der Waals surface area contributed by atoms with Crippen LogP contribution in [0.2, 0.25) is 0 Å². The summed E-state index contributed by atoms with van der Waals surface area (Å²) in [5.74, 6) is 0.0609. The molecule has 2 aromatic rings. The second kappa shape index (κ2) is 5.24. The van der Waals surface area contributed by atoms with Crippen molar-refractivity contribution >= 4 is 26.4 Å². The molecule has 0 aliphatic carbocycles. The topological polar surface area (TPSA) is 82.2 Å². The summed E-state index contributed by atoms with van der Waals surface area (Å²) in [5, 5.41) is 11.0. The van der Waals surface area contributed by atoms with Gasteiger partial charge in [-0.05, 0) is 26.0 Å². The smallest absolute Gasteiger partial charge is 0.270 e. The van der Waals surface area contributed by atoms with Crippen molar-refractivity contribution < 1.29 is 13.3 Å². The number of nitrogens with zero attached hydrogens (tertiary/aromatic N) is 2. The molecule has 0 unspecified atom stereocenters. The van der Waals surface area contributed by atoms with Gasteiger partial charge in [0.25, 0.3) is 5.69 Å². The van der Waals surface area contributed by atoms with Crippen LogP contribution in [-0.4, -0.2) is 28.9 Å². The molecule has 0 saturated carbocycles. The van der Waals surface area contributed by atoms with E-state index in [1.54, 1.807) is 36.7 Å². The van der Waals surface area contributed by atoms with E-state index >= 15 is 0 Å². The van der Waals surface area contributed by atoms with Gasteiger partial charge in [0.15, 0.2) is 9.84 Å². The minimum atomic E-state index is -3.09. The third kappa shape index (κ3) is 2.82. The van der Waals surface area contributed by atoms with Crippen LogP contribution >= 0.6 is 0 Å². The zero-order chi connectivity index (χ0) is 14.9. The summed E-state index contributed by atoms with van der Waals surface area (Å²) in [6, 6.07) is 6.32. The van der Waals surface area contributed by atoms with Crippen molar-refractivity contribution in [1.29, 1.82) is 0 Å². The number of nitro groups is 1. The van der Waals surface area contributed by atoms with Crippen LogP contribution in [0.25, 0.3) is 10.9 Å². The van der Waals surface area contributed by atoms with Gasteiger partial charge in [-0.15, -0.1) is 0 Å². The lowest BCUT2D eigenvalue weighted by Crippen LogP contribution is -2.20. The van der Waals surface area contributed by atoms with Gasteiger partial charge < -0.3 is 4.57 Å². The highest BCUT2D eigenvalue weighted by atomic mass is 32.2. The normalized spacial score (nSPS) is 12.2. The first-order valence-electron chi connectivity index (χ1n) is 6.26. The van der Waals surface area contributed by atoms with Crippen LogP contribution in [0, 0.1) is 10.1 Å². The van der Waals surface area contributed by atoms with E-state index in [1.165, 1.54) is 12.1 Å². The maximum absolute atomic E-state index is 11.8. The maximum Gasteiger partial charge on any atom is 0.270 e. The van der Waals surface area contributed by atoms with E-state index in [0.717, 1.165) is 10.9 Å². The van der Waals surface area contributed by atoms with Gasteiger partial charge in [0.1, 0.15) is 0 Å². The molecule has 1 heterocycles. The Hall–Kier alpha value is -1.89. The monoisotopic (exact) mass is 296 g/mol. The van der Waals surface area contributed by atoms with Crippen LogP contribution in [-0.2, 0) is 16.4 Å². The van der Waals surface area contributed by atoms with Gasteiger partial charge in [-0.2, -0.15) is 0 Å². The third-order valence-corrected chi connectivity index (χ3v) is 5.49. The molecule has 0 atom stereocenters. The minimum absolute atomic E-state index is 0.0325. The summed E-state index contributed by atoms with van der Waals surface area (Å²) in [4.78, 5) is 10.3. The second-order valence-corrected chi connectivity index (χ2v) is 7.60. The average Bonchev–Trinajstić information content (AvgIpc) is 2.78. The van der Waals surface area contributed by atoms with Gasteiger partial charge in [-0.25, -0.2) is 8.42 Å². The van der Waals surface area contributed by atoms with Crippen molar-refractivity contribution in [2.24, 2.45) is 0 Å². The Morgan fingerprint density at radius 1 is 1.30 bits per heavy atom. The quantitative estimate of drug-likeness (QED) is 0.626. The Morgan fingerprint density at radius 2 is 2.00 bits per heavy atom. The number of hydrogen-bond acceptors (Lipinski definition) is 4. The Bertz CT molecular complexity index is 747. The van der Waals surface area contributed by atoms with Crippen molar-refractivity contribution in [2.75, 3.05) is 5.75 Å².